The normalized spacial score (nSPS) is 17.3. The van der Waals surface area contributed by atoms with Crippen molar-refractivity contribution in [3.05, 3.63) is 70.7 Å². The number of benzene rings is 1. The summed E-state index contributed by atoms with van der Waals surface area (Å²) in [5.41, 5.74) is 3.56. The number of aliphatic hydroxyl groups is 1. The molecule has 0 fully saturated rings. The van der Waals surface area contributed by atoms with Crippen molar-refractivity contribution in [3.63, 3.8) is 0 Å². The molecule has 2 heterocycles. The summed E-state index contributed by atoms with van der Waals surface area (Å²) in [4.78, 5) is 30.8. The fourth-order valence-electron chi connectivity index (χ4n) is 3.27. The number of hydrogen-bond acceptors (Lipinski definition) is 4. The molecule has 128 valence electrons. The Morgan fingerprint density at radius 2 is 1.88 bits per heavy atom. The van der Waals surface area contributed by atoms with Crippen LogP contribution in [0, 0.1) is 13.8 Å². The summed E-state index contributed by atoms with van der Waals surface area (Å²) < 4.78 is 0. The summed E-state index contributed by atoms with van der Waals surface area (Å²) in [5, 5.41) is 10.4. The second kappa shape index (κ2) is 6.51. The Morgan fingerprint density at radius 3 is 2.48 bits per heavy atom. The molecule has 2 aromatic rings. The van der Waals surface area contributed by atoms with Crippen LogP contribution in [-0.4, -0.2) is 21.8 Å². The quantitative estimate of drug-likeness (QED) is 0.926. The van der Waals surface area contributed by atoms with Gasteiger partial charge in [0.1, 0.15) is 0 Å². The van der Waals surface area contributed by atoms with Gasteiger partial charge in [-0.1, -0.05) is 24.6 Å². The Balaban J connectivity index is 2.20. The van der Waals surface area contributed by atoms with Gasteiger partial charge in [0.05, 0.1) is 11.6 Å². The van der Waals surface area contributed by atoms with Crippen molar-refractivity contribution >= 4 is 17.4 Å². The highest BCUT2D eigenvalue weighted by Crippen LogP contribution is 2.42. The smallest absolute Gasteiger partial charge is 0.294 e. The molecule has 1 N–H and O–H groups in total. The second-order valence-electron chi connectivity index (χ2n) is 6.19. The van der Waals surface area contributed by atoms with E-state index >= 15 is 0 Å². The minimum Gasteiger partial charge on any atom is -0.503 e. The Hall–Kier alpha value is -2.95. The molecule has 0 saturated carbocycles. The zero-order valence-corrected chi connectivity index (χ0v) is 14.5. The maximum absolute atomic E-state index is 12.8. The molecule has 1 atom stereocenters. The molecule has 5 nitrogen and oxygen atoms in total. The molecular weight excluding hydrogens is 316 g/mol. The van der Waals surface area contributed by atoms with Gasteiger partial charge in [-0.2, -0.15) is 0 Å². The molecule has 5 heteroatoms. The maximum Gasteiger partial charge on any atom is 0.294 e. The van der Waals surface area contributed by atoms with Crippen LogP contribution in [0.2, 0.25) is 0 Å². The third-order valence-electron chi connectivity index (χ3n) is 4.46. The lowest BCUT2D eigenvalue weighted by molar-refractivity contribution is -0.118. The molecule has 0 aliphatic carbocycles. The Morgan fingerprint density at radius 1 is 1.20 bits per heavy atom. The standard InChI is InChI=1S/C20H20N2O3/c1-4-16(23)17-18(14-7-9-21-10-8-14)22(20(25)19(17)24)15-6-5-12(2)11-13(15)3/h5-11,18,24H,4H2,1-3H3. The van der Waals surface area contributed by atoms with E-state index in [-0.39, 0.29) is 17.8 Å². The van der Waals surface area contributed by atoms with Crippen molar-refractivity contribution in [2.24, 2.45) is 0 Å². The van der Waals surface area contributed by atoms with Gasteiger partial charge >= 0.3 is 0 Å². The zero-order valence-electron chi connectivity index (χ0n) is 14.5. The lowest BCUT2D eigenvalue weighted by Crippen LogP contribution is -2.31. The van der Waals surface area contributed by atoms with Crippen molar-refractivity contribution in [3.8, 4) is 0 Å². The van der Waals surface area contributed by atoms with Gasteiger partial charge < -0.3 is 5.11 Å². The Kier molecular flexibility index (Phi) is 4.40. The van der Waals surface area contributed by atoms with Crippen molar-refractivity contribution in [2.45, 2.75) is 33.2 Å². The van der Waals surface area contributed by atoms with Crippen molar-refractivity contribution < 1.29 is 14.7 Å². The largest absolute Gasteiger partial charge is 0.503 e. The molecule has 1 aliphatic heterocycles. The summed E-state index contributed by atoms with van der Waals surface area (Å²) in [6, 6.07) is 8.61. The van der Waals surface area contributed by atoms with Gasteiger partial charge in [0, 0.05) is 24.5 Å². The molecule has 1 aromatic carbocycles. The number of nitrogens with zero attached hydrogens (tertiary/aromatic N) is 2. The summed E-state index contributed by atoms with van der Waals surface area (Å²) in [7, 11) is 0. The van der Waals surface area contributed by atoms with Crippen LogP contribution in [-0.2, 0) is 9.59 Å². The number of carbonyl (C=O) groups is 2. The van der Waals surface area contributed by atoms with Crippen LogP contribution >= 0.6 is 0 Å². The third-order valence-corrected chi connectivity index (χ3v) is 4.46. The summed E-state index contributed by atoms with van der Waals surface area (Å²) in [6.45, 7) is 5.61. The third kappa shape index (κ3) is 2.82. The predicted octanol–water partition coefficient (Wildman–Crippen LogP) is 3.58. The van der Waals surface area contributed by atoms with E-state index in [0.717, 1.165) is 16.7 Å². The minimum atomic E-state index is -0.649. The number of ketones is 1. The first-order valence-electron chi connectivity index (χ1n) is 8.22. The number of amides is 1. The topological polar surface area (TPSA) is 70.5 Å². The van der Waals surface area contributed by atoms with Gasteiger partial charge in [0.15, 0.2) is 11.5 Å². The number of aryl methyl sites for hydroxylation is 2. The molecule has 1 unspecified atom stereocenters. The number of Topliss-reactive ketones (excluding diaryl/α,β-unsaturated/α-hetero) is 1. The van der Waals surface area contributed by atoms with E-state index in [9.17, 15) is 14.7 Å². The van der Waals surface area contributed by atoms with Gasteiger partial charge in [-0.3, -0.25) is 19.5 Å². The van der Waals surface area contributed by atoms with E-state index in [1.165, 1.54) is 4.90 Å². The highest BCUT2D eigenvalue weighted by molar-refractivity contribution is 6.16. The van der Waals surface area contributed by atoms with Crippen molar-refractivity contribution in [1.29, 1.82) is 0 Å². The average molecular weight is 336 g/mol. The summed E-state index contributed by atoms with van der Waals surface area (Å²) in [5.74, 6) is -1.25. The van der Waals surface area contributed by atoms with E-state index in [1.54, 1.807) is 31.5 Å². The molecule has 0 radical (unpaired) electrons. The number of aromatic nitrogens is 1. The average Bonchev–Trinajstić information content (AvgIpc) is 2.87. The highest BCUT2D eigenvalue weighted by Gasteiger charge is 2.44. The Labute approximate surface area is 146 Å². The van der Waals surface area contributed by atoms with Crippen LogP contribution in [0.15, 0.2) is 54.1 Å². The second-order valence-corrected chi connectivity index (χ2v) is 6.19. The molecule has 25 heavy (non-hydrogen) atoms. The molecule has 0 saturated heterocycles. The number of hydrogen-bond donors (Lipinski definition) is 1. The highest BCUT2D eigenvalue weighted by atomic mass is 16.3. The van der Waals surface area contributed by atoms with Crippen LogP contribution in [0.3, 0.4) is 0 Å². The van der Waals surface area contributed by atoms with Gasteiger partial charge in [0.2, 0.25) is 0 Å². The number of carbonyl (C=O) groups excluding carboxylic acids is 2. The molecule has 0 spiro atoms. The van der Waals surface area contributed by atoms with Gasteiger partial charge in [0.25, 0.3) is 5.91 Å². The minimum absolute atomic E-state index is 0.152. The first kappa shape index (κ1) is 16.9. The molecule has 1 amide bonds. The van der Waals surface area contributed by atoms with E-state index in [0.29, 0.717) is 5.69 Å². The predicted molar refractivity (Wildman–Crippen MR) is 95.3 cm³/mol. The molecule has 0 bridgehead atoms. The number of aliphatic hydroxyl groups excluding tert-OH is 1. The van der Waals surface area contributed by atoms with Crippen molar-refractivity contribution in [1.82, 2.24) is 4.98 Å². The van der Waals surface area contributed by atoms with E-state index in [1.807, 2.05) is 32.0 Å². The van der Waals surface area contributed by atoms with Crippen LogP contribution in [0.4, 0.5) is 5.69 Å². The SMILES string of the molecule is CCC(=O)C1=C(O)C(=O)N(c2ccc(C)cc2C)C1c1ccncc1. The van der Waals surface area contributed by atoms with Gasteiger partial charge in [-0.25, -0.2) is 0 Å². The van der Waals surface area contributed by atoms with E-state index < -0.39 is 17.7 Å². The fraction of sp³-hybridized carbons (Fsp3) is 0.250. The molecule has 3 rings (SSSR count). The lowest BCUT2D eigenvalue weighted by atomic mass is 9.95. The fourth-order valence-corrected chi connectivity index (χ4v) is 3.27. The first-order valence-corrected chi connectivity index (χ1v) is 8.22. The zero-order chi connectivity index (χ0) is 18.1. The Bertz CT molecular complexity index is 872. The lowest BCUT2D eigenvalue weighted by Gasteiger charge is -2.28. The molecule has 1 aromatic heterocycles. The number of anilines is 1. The number of pyridine rings is 1. The monoisotopic (exact) mass is 336 g/mol. The van der Waals surface area contributed by atoms with Crippen LogP contribution in [0.1, 0.15) is 36.1 Å². The van der Waals surface area contributed by atoms with Gasteiger partial charge in [-0.05, 0) is 43.2 Å². The van der Waals surface area contributed by atoms with Crippen LogP contribution < -0.4 is 4.90 Å². The van der Waals surface area contributed by atoms with E-state index in [4.69, 9.17) is 0 Å². The summed E-state index contributed by atoms with van der Waals surface area (Å²) >= 11 is 0. The van der Waals surface area contributed by atoms with Crippen LogP contribution in [0.25, 0.3) is 0 Å². The maximum atomic E-state index is 12.8. The first-order chi connectivity index (χ1) is 12.0. The van der Waals surface area contributed by atoms with Crippen LogP contribution in [0.5, 0.6) is 0 Å². The molecular formula is C20H20N2O3. The molecule has 1 aliphatic rings. The van der Waals surface area contributed by atoms with E-state index in [2.05, 4.69) is 4.98 Å². The van der Waals surface area contributed by atoms with Crippen molar-refractivity contribution in [2.75, 3.05) is 4.90 Å². The number of rotatable bonds is 4. The van der Waals surface area contributed by atoms with Gasteiger partial charge in [-0.15, -0.1) is 0 Å². The summed E-state index contributed by atoms with van der Waals surface area (Å²) in [6.07, 6.45) is 3.45.